The minimum Gasteiger partial charge on any atom is -0.385 e. The fourth-order valence-electron chi connectivity index (χ4n) is 2.44. The van der Waals surface area contributed by atoms with Gasteiger partial charge in [0.2, 0.25) is 0 Å². The molecule has 2 aliphatic rings. The molecule has 0 amide bonds. The summed E-state index contributed by atoms with van der Waals surface area (Å²) in [6, 6.07) is 1.37. The van der Waals surface area contributed by atoms with Crippen LogP contribution in [0.25, 0.3) is 0 Å². The number of phosphoric acid groups is 1. The molecular weight excluding hydrogens is 305 g/mol. The summed E-state index contributed by atoms with van der Waals surface area (Å²) in [6.45, 7) is 1.18. The number of nitrogens with zero attached hydrogens (tertiary/aromatic N) is 2. The van der Waals surface area contributed by atoms with Crippen molar-refractivity contribution in [3.63, 3.8) is 0 Å². The fourth-order valence-corrected chi connectivity index (χ4v) is 3.54. The molecule has 0 aliphatic carbocycles. The Kier molecular flexibility index (Phi) is 3.21. The van der Waals surface area contributed by atoms with Gasteiger partial charge in [0.25, 0.3) is 0 Å². The number of aromatic nitrogens is 2. The van der Waals surface area contributed by atoms with Crippen LogP contribution < -0.4 is 11.4 Å². The molecule has 2 aliphatic heterocycles. The summed E-state index contributed by atoms with van der Waals surface area (Å²) in [5, 5.41) is 10.4. The lowest BCUT2D eigenvalue weighted by Crippen LogP contribution is -2.51. The maximum atomic E-state index is 11.8. The molecular formula is C10H14N3O7P. The van der Waals surface area contributed by atoms with E-state index in [1.807, 2.05) is 0 Å². The topological polar surface area (TPSA) is 146 Å². The molecule has 1 unspecified atom stereocenters. The second-order valence-electron chi connectivity index (χ2n) is 5.04. The quantitative estimate of drug-likeness (QED) is 0.554. The molecule has 0 bridgehead atoms. The van der Waals surface area contributed by atoms with Crippen LogP contribution in [0.5, 0.6) is 0 Å². The van der Waals surface area contributed by atoms with Crippen LogP contribution in [0.3, 0.4) is 0 Å². The zero-order valence-corrected chi connectivity index (χ0v) is 11.8. The highest BCUT2D eigenvalue weighted by Gasteiger charge is 2.61. The molecule has 5 atom stereocenters. The first-order chi connectivity index (χ1) is 9.73. The van der Waals surface area contributed by atoms with Crippen molar-refractivity contribution in [3.05, 3.63) is 22.7 Å². The summed E-state index contributed by atoms with van der Waals surface area (Å²) in [4.78, 5) is 24.8. The predicted molar refractivity (Wildman–Crippen MR) is 68.1 cm³/mol. The first kappa shape index (κ1) is 14.6. The van der Waals surface area contributed by atoms with E-state index < -0.39 is 37.5 Å². The average Bonchev–Trinajstić information content (AvgIpc) is 2.61. The lowest BCUT2D eigenvalue weighted by Gasteiger charge is -2.37. The van der Waals surface area contributed by atoms with Gasteiger partial charge in [0, 0.05) is 6.20 Å². The monoisotopic (exact) mass is 319 g/mol. The van der Waals surface area contributed by atoms with Gasteiger partial charge in [0.1, 0.15) is 23.6 Å². The number of aliphatic hydroxyl groups is 1. The Hall–Kier alpha value is -1.29. The number of nitrogen functional groups attached to an aromatic ring is 1. The van der Waals surface area contributed by atoms with Crippen LogP contribution in [0.15, 0.2) is 17.1 Å². The number of hydrogen-bond acceptors (Lipinski definition) is 8. The van der Waals surface area contributed by atoms with Gasteiger partial charge in [-0.05, 0) is 13.0 Å². The standard InChI is InChI=1S/C10H14N3O7P/c1-10-5(4-18-21(16,17)20-10)19-8(7(10)14)13-3-2-6(11)12-9(13)15/h2-3,5,7-8,14H,4H2,1H3,(H,16,17)(H2,11,12,15)/t5-,7+,8-,10-/m1/s1. The number of aliphatic hydroxyl groups excluding tert-OH is 1. The number of ether oxygens (including phenoxy) is 1. The normalized spacial score (nSPS) is 42.7. The molecule has 0 saturated carbocycles. The lowest BCUT2D eigenvalue weighted by molar-refractivity contribution is -0.110. The first-order valence-corrected chi connectivity index (χ1v) is 7.59. The van der Waals surface area contributed by atoms with E-state index in [9.17, 15) is 19.4 Å². The Balaban J connectivity index is 1.97. The van der Waals surface area contributed by atoms with E-state index >= 15 is 0 Å². The highest BCUT2D eigenvalue weighted by Crippen LogP contribution is 2.57. The highest BCUT2D eigenvalue weighted by atomic mass is 31.2. The molecule has 11 heteroatoms. The summed E-state index contributed by atoms with van der Waals surface area (Å²) >= 11 is 0. The van der Waals surface area contributed by atoms with Gasteiger partial charge in [0.15, 0.2) is 6.23 Å². The molecule has 1 aromatic heterocycles. The maximum Gasteiger partial charge on any atom is 0.472 e. The van der Waals surface area contributed by atoms with E-state index in [-0.39, 0.29) is 12.4 Å². The largest absolute Gasteiger partial charge is 0.472 e. The van der Waals surface area contributed by atoms with Crippen molar-refractivity contribution in [3.8, 4) is 0 Å². The Labute approximate surface area is 118 Å². The molecule has 2 fully saturated rings. The fraction of sp³-hybridized carbons (Fsp3) is 0.600. The number of hydrogen-bond donors (Lipinski definition) is 3. The summed E-state index contributed by atoms with van der Waals surface area (Å²) in [6.07, 6.45) is -1.98. The molecule has 3 heterocycles. The average molecular weight is 319 g/mol. The van der Waals surface area contributed by atoms with E-state index in [1.54, 1.807) is 0 Å². The number of phosphoric ester groups is 1. The third-order valence-electron chi connectivity index (χ3n) is 3.63. The van der Waals surface area contributed by atoms with Crippen molar-refractivity contribution in [2.24, 2.45) is 0 Å². The van der Waals surface area contributed by atoms with E-state index in [0.29, 0.717) is 0 Å². The minimum absolute atomic E-state index is 0.0341. The third kappa shape index (κ3) is 2.30. The van der Waals surface area contributed by atoms with Crippen molar-refractivity contribution < 1.29 is 28.3 Å². The van der Waals surface area contributed by atoms with Gasteiger partial charge >= 0.3 is 13.5 Å². The molecule has 0 aromatic carbocycles. The molecule has 2 saturated heterocycles. The van der Waals surface area contributed by atoms with Crippen molar-refractivity contribution in [1.82, 2.24) is 9.55 Å². The Morgan fingerprint density at radius 1 is 1.62 bits per heavy atom. The van der Waals surface area contributed by atoms with E-state index in [4.69, 9.17) is 15.0 Å². The molecule has 4 N–H and O–H groups in total. The summed E-state index contributed by atoms with van der Waals surface area (Å²) in [5.41, 5.74) is 3.21. The summed E-state index contributed by atoms with van der Waals surface area (Å²) < 4.78 is 27.7. The predicted octanol–water partition coefficient (Wildman–Crippen LogP) is -1.01. The number of anilines is 1. The highest BCUT2D eigenvalue weighted by molar-refractivity contribution is 7.47. The third-order valence-corrected chi connectivity index (χ3v) is 4.73. The van der Waals surface area contributed by atoms with Crippen molar-refractivity contribution in [2.75, 3.05) is 12.3 Å². The van der Waals surface area contributed by atoms with Crippen LogP contribution in [0, 0.1) is 0 Å². The molecule has 3 rings (SSSR count). The van der Waals surface area contributed by atoms with Crippen molar-refractivity contribution >= 4 is 13.6 Å². The summed E-state index contributed by atoms with van der Waals surface area (Å²) in [5.74, 6) is 0.0341. The van der Waals surface area contributed by atoms with E-state index in [2.05, 4.69) is 9.51 Å². The second-order valence-corrected chi connectivity index (χ2v) is 6.42. The van der Waals surface area contributed by atoms with Gasteiger partial charge in [-0.25, -0.2) is 9.36 Å². The van der Waals surface area contributed by atoms with Gasteiger partial charge in [0.05, 0.1) is 6.61 Å². The molecule has 1 aromatic rings. The van der Waals surface area contributed by atoms with E-state index in [1.165, 1.54) is 19.2 Å². The minimum atomic E-state index is -4.26. The van der Waals surface area contributed by atoms with Crippen LogP contribution in [0.4, 0.5) is 5.82 Å². The summed E-state index contributed by atoms with van der Waals surface area (Å²) in [7, 11) is -4.26. The van der Waals surface area contributed by atoms with Crippen LogP contribution in [-0.4, -0.2) is 44.0 Å². The Morgan fingerprint density at radius 2 is 2.33 bits per heavy atom. The van der Waals surface area contributed by atoms with Crippen molar-refractivity contribution in [2.45, 2.75) is 31.0 Å². The van der Waals surface area contributed by atoms with Crippen LogP contribution >= 0.6 is 7.82 Å². The van der Waals surface area contributed by atoms with Gasteiger partial charge in [-0.3, -0.25) is 13.6 Å². The smallest absolute Gasteiger partial charge is 0.385 e. The molecule has 21 heavy (non-hydrogen) atoms. The maximum absolute atomic E-state index is 11.8. The molecule has 0 radical (unpaired) electrons. The van der Waals surface area contributed by atoms with Gasteiger partial charge in [-0.1, -0.05) is 0 Å². The van der Waals surface area contributed by atoms with Crippen LogP contribution in [0.2, 0.25) is 0 Å². The number of rotatable bonds is 1. The van der Waals surface area contributed by atoms with Gasteiger partial charge in [-0.15, -0.1) is 0 Å². The zero-order valence-electron chi connectivity index (χ0n) is 10.9. The lowest BCUT2D eigenvalue weighted by atomic mass is 9.95. The number of fused-ring (bicyclic) bond motifs is 1. The molecule has 0 spiro atoms. The Morgan fingerprint density at radius 3 is 3.00 bits per heavy atom. The van der Waals surface area contributed by atoms with Crippen LogP contribution in [-0.2, 0) is 18.3 Å². The van der Waals surface area contributed by atoms with Gasteiger partial charge < -0.3 is 20.5 Å². The SMILES string of the molecule is C[C@@]12OP(=O)(O)OC[C@H]1O[C@@H](n1ccc(N)nc1=O)[C@@H]2O. The Bertz CT molecular complexity index is 679. The van der Waals surface area contributed by atoms with Crippen LogP contribution in [0.1, 0.15) is 13.2 Å². The molecule has 116 valence electrons. The molecule has 10 nitrogen and oxygen atoms in total. The van der Waals surface area contributed by atoms with E-state index in [0.717, 1.165) is 4.57 Å². The second kappa shape index (κ2) is 4.60. The first-order valence-electron chi connectivity index (χ1n) is 6.09. The number of nitrogens with two attached hydrogens (primary N) is 1. The zero-order chi connectivity index (χ0) is 15.4. The van der Waals surface area contributed by atoms with Gasteiger partial charge in [-0.2, -0.15) is 4.98 Å². The van der Waals surface area contributed by atoms with Crippen molar-refractivity contribution in [1.29, 1.82) is 0 Å².